The number of benzene rings is 1. The van der Waals surface area contributed by atoms with Gasteiger partial charge in [-0.3, -0.25) is 10.1 Å². The molecule has 0 fully saturated rings. The third-order valence-corrected chi connectivity index (χ3v) is 5.11. The molecule has 0 spiro atoms. The largest absolute Gasteiger partial charge is 0.465 e. The number of thiophene rings is 1. The Kier molecular flexibility index (Phi) is 5.25. The Morgan fingerprint density at radius 2 is 2.07 bits per heavy atom. The summed E-state index contributed by atoms with van der Waals surface area (Å²) in [5.74, 6) is 0.0448. The minimum atomic E-state index is -0.544. The van der Waals surface area contributed by atoms with Crippen LogP contribution >= 0.6 is 23.6 Å². The van der Waals surface area contributed by atoms with Crippen molar-refractivity contribution in [2.45, 2.75) is 6.92 Å². The lowest BCUT2D eigenvalue weighted by molar-refractivity contribution is 0.0605. The Bertz CT molecular complexity index is 993. The van der Waals surface area contributed by atoms with Crippen LogP contribution in [0.15, 0.2) is 18.2 Å². The van der Waals surface area contributed by atoms with Gasteiger partial charge in [0.1, 0.15) is 15.9 Å². The van der Waals surface area contributed by atoms with Gasteiger partial charge < -0.3 is 19.5 Å². The number of fused-ring (bicyclic) bond motifs is 1. The molecule has 1 amide bonds. The number of hydrogen-bond donors (Lipinski definition) is 2. The summed E-state index contributed by atoms with van der Waals surface area (Å²) in [6.45, 7) is 1.75. The van der Waals surface area contributed by atoms with Gasteiger partial charge in [0.15, 0.2) is 16.6 Å². The van der Waals surface area contributed by atoms with Gasteiger partial charge in [-0.1, -0.05) is 0 Å². The predicted octanol–water partition coefficient (Wildman–Crippen LogP) is 2.57. The summed E-state index contributed by atoms with van der Waals surface area (Å²) in [7, 11) is 1.26. The molecule has 0 unspecified atom stereocenters. The van der Waals surface area contributed by atoms with Gasteiger partial charge in [-0.15, -0.1) is 11.3 Å². The first-order valence-corrected chi connectivity index (χ1v) is 8.80. The lowest BCUT2D eigenvalue weighted by Crippen LogP contribution is -2.34. The number of esters is 1. The molecule has 0 aliphatic carbocycles. The van der Waals surface area contributed by atoms with Gasteiger partial charge in [-0.2, -0.15) is 5.26 Å². The molecule has 0 bridgehead atoms. The quantitative estimate of drug-likeness (QED) is 0.594. The first-order valence-electron chi connectivity index (χ1n) is 7.58. The highest BCUT2D eigenvalue weighted by Crippen LogP contribution is 2.33. The van der Waals surface area contributed by atoms with Crippen LogP contribution in [0.5, 0.6) is 11.5 Å². The van der Waals surface area contributed by atoms with E-state index in [-0.39, 0.29) is 17.5 Å². The van der Waals surface area contributed by atoms with Crippen molar-refractivity contribution in [3.63, 3.8) is 0 Å². The van der Waals surface area contributed by atoms with Gasteiger partial charge in [-0.05, 0) is 42.9 Å². The van der Waals surface area contributed by atoms with E-state index < -0.39 is 11.9 Å². The second kappa shape index (κ2) is 7.61. The Hall–Kier alpha value is -3.16. The molecule has 8 nitrogen and oxygen atoms in total. The highest BCUT2D eigenvalue weighted by atomic mass is 32.1. The van der Waals surface area contributed by atoms with E-state index in [1.54, 1.807) is 25.1 Å². The van der Waals surface area contributed by atoms with E-state index in [2.05, 4.69) is 10.6 Å². The van der Waals surface area contributed by atoms with Crippen LogP contribution in [0, 0.1) is 18.3 Å². The number of rotatable bonds is 3. The van der Waals surface area contributed by atoms with Crippen molar-refractivity contribution in [1.29, 1.82) is 5.26 Å². The maximum Gasteiger partial charge on any atom is 0.348 e. The topological polar surface area (TPSA) is 110 Å². The molecule has 138 valence electrons. The molecule has 2 heterocycles. The van der Waals surface area contributed by atoms with Crippen LogP contribution in [-0.4, -0.2) is 30.9 Å². The zero-order chi connectivity index (χ0) is 19.6. The van der Waals surface area contributed by atoms with Crippen molar-refractivity contribution in [1.82, 2.24) is 5.32 Å². The number of thiocarbonyl (C=S) groups is 1. The molecule has 0 saturated carbocycles. The fourth-order valence-corrected chi connectivity index (χ4v) is 3.71. The Morgan fingerprint density at radius 3 is 2.78 bits per heavy atom. The fraction of sp³-hybridized carbons (Fsp3) is 0.176. The summed E-state index contributed by atoms with van der Waals surface area (Å²) in [5, 5.41) is 15.0. The second-order valence-electron chi connectivity index (χ2n) is 5.34. The summed E-state index contributed by atoms with van der Waals surface area (Å²) in [5.41, 5.74) is 1.09. The molecule has 0 saturated heterocycles. The lowest BCUT2D eigenvalue weighted by atomic mass is 10.2. The van der Waals surface area contributed by atoms with Crippen molar-refractivity contribution in [2.24, 2.45) is 0 Å². The van der Waals surface area contributed by atoms with E-state index in [1.165, 1.54) is 7.11 Å². The Labute approximate surface area is 163 Å². The molecule has 1 aliphatic heterocycles. The molecule has 0 radical (unpaired) electrons. The maximum atomic E-state index is 12.4. The molecule has 1 aromatic heterocycles. The highest BCUT2D eigenvalue weighted by molar-refractivity contribution is 7.80. The predicted molar refractivity (Wildman–Crippen MR) is 101 cm³/mol. The molecule has 2 N–H and O–H groups in total. The third-order valence-electron chi connectivity index (χ3n) is 3.72. The fourth-order valence-electron chi connectivity index (χ4n) is 2.37. The van der Waals surface area contributed by atoms with Gasteiger partial charge in [0, 0.05) is 5.56 Å². The van der Waals surface area contributed by atoms with Crippen LogP contribution in [0.4, 0.5) is 5.00 Å². The summed E-state index contributed by atoms with van der Waals surface area (Å²) in [6, 6.07) is 6.78. The number of ether oxygens (including phenoxy) is 3. The second-order valence-corrected chi connectivity index (χ2v) is 6.77. The number of nitriles is 1. The van der Waals surface area contributed by atoms with Crippen molar-refractivity contribution in [3.8, 4) is 17.6 Å². The van der Waals surface area contributed by atoms with Gasteiger partial charge in [0.05, 0.1) is 12.7 Å². The zero-order valence-corrected chi connectivity index (χ0v) is 15.9. The van der Waals surface area contributed by atoms with Crippen molar-refractivity contribution < 1.29 is 23.8 Å². The normalized spacial score (nSPS) is 11.4. The number of carbonyl (C=O) groups is 2. The number of carbonyl (C=O) groups excluding carboxylic acids is 2. The number of methoxy groups -OCH3 is 1. The summed E-state index contributed by atoms with van der Waals surface area (Å²) < 4.78 is 15.1. The molecule has 3 rings (SSSR count). The molecule has 0 atom stereocenters. The van der Waals surface area contributed by atoms with E-state index in [0.29, 0.717) is 32.5 Å². The number of hydrogen-bond acceptors (Lipinski definition) is 8. The lowest BCUT2D eigenvalue weighted by Gasteiger charge is -2.09. The van der Waals surface area contributed by atoms with Crippen molar-refractivity contribution in [3.05, 3.63) is 39.8 Å². The molecule has 1 aliphatic rings. The first kappa shape index (κ1) is 18.6. The van der Waals surface area contributed by atoms with Crippen LogP contribution in [0.2, 0.25) is 0 Å². The summed E-state index contributed by atoms with van der Waals surface area (Å²) in [4.78, 5) is 24.4. The van der Waals surface area contributed by atoms with E-state index in [9.17, 15) is 14.9 Å². The summed E-state index contributed by atoms with van der Waals surface area (Å²) >= 11 is 6.18. The van der Waals surface area contributed by atoms with Crippen LogP contribution < -0.4 is 20.1 Å². The molecule has 1 aromatic carbocycles. The van der Waals surface area contributed by atoms with Gasteiger partial charge >= 0.3 is 5.97 Å². The van der Waals surface area contributed by atoms with Crippen LogP contribution in [0.3, 0.4) is 0 Å². The van der Waals surface area contributed by atoms with E-state index >= 15 is 0 Å². The van der Waals surface area contributed by atoms with E-state index in [1.807, 2.05) is 6.07 Å². The van der Waals surface area contributed by atoms with Crippen molar-refractivity contribution in [2.75, 3.05) is 19.2 Å². The van der Waals surface area contributed by atoms with Crippen LogP contribution in [-0.2, 0) is 4.74 Å². The highest BCUT2D eigenvalue weighted by Gasteiger charge is 2.22. The van der Waals surface area contributed by atoms with Crippen LogP contribution in [0.1, 0.15) is 31.2 Å². The monoisotopic (exact) mass is 403 g/mol. The van der Waals surface area contributed by atoms with Crippen LogP contribution in [0.25, 0.3) is 0 Å². The average Bonchev–Trinajstić information content (AvgIpc) is 3.24. The molecular weight excluding hydrogens is 390 g/mol. The average molecular weight is 403 g/mol. The molecule has 27 heavy (non-hydrogen) atoms. The zero-order valence-electron chi connectivity index (χ0n) is 14.2. The number of anilines is 1. The molecule has 10 heteroatoms. The smallest absolute Gasteiger partial charge is 0.348 e. The number of nitrogens with zero attached hydrogens (tertiary/aromatic N) is 1. The van der Waals surface area contributed by atoms with Gasteiger partial charge in [-0.25, -0.2) is 4.79 Å². The maximum absolute atomic E-state index is 12.4. The minimum absolute atomic E-state index is 0.00756. The number of nitrogens with one attached hydrogen (secondary N) is 2. The van der Waals surface area contributed by atoms with E-state index in [0.717, 1.165) is 11.3 Å². The molecule has 2 aromatic rings. The van der Waals surface area contributed by atoms with Gasteiger partial charge in [0.2, 0.25) is 6.79 Å². The Balaban J connectivity index is 1.73. The minimum Gasteiger partial charge on any atom is -0.465 e. The third kappa shape index (κ3) is 3.69. The molecular formula is C17H13N3O5S2. The standard InChI is InChI=1S/C17H13N3O5S2/c1-8-10(6-18)15(27-13(8)16(22)23-2)20-17(26)19-14(21)9-3-4-11-12(5-9)25-7-24-11/h3-5H,7H2,1-2H3,(H2,19,20,21,26). The van der Waals surface area contributed by atoms with Crippen molar-refractivity contribution >= 4 is 45.5 Å². The number of amides is 1. The Morgan fingerprint density at radius 1 is 1.33 bits per heavy atom. The first-order chi connectivity index (χ1) is 12.9. The summed E-state index contributed by atoms with van der Waals surface area (Å²) in [6.07, 6.45) is 0. The van der Waals surface area contributed by atoms with Gasteiger partial charge in [0.25, 0.3) is 5.91 Å². The SMILES string of the molecule is COC(=O)c1sc(NC(=S)NC(=O)c2ccc3c(c2)OCO3)c(C#N)c1C. The van der Waals surface area contributed by atoms with E-state index in [4.69, 9.17) is 26.4 Å².